The van der Waals surface area contributed by atoms with Gasteiger partial charge in [0.25, 0.3) is 0 Å². The molecule has 0 radical (unpaired) electrons. The van der Waals surface area contributed by atoms with Gasteiger partial charge in [-0.3, -0.25) is 0 Å². The first kappa shape index (κ1) is 11.7. The second-order valence-electron chi connectivity index (χ2n) is 3.11. The Kier molecular flexibility index (Phi) is 5.18. The number of nitrogens with two attached hydrogens (primary N) is 1. The van der Waals surface area contributed by atoms with Gasteiger partial charge in [-0.25, -0.2) is 0 Å². The molecule has 0 spiro atoms. The Hall–Kier alpha value is -0.340. The van der Waals surface area contributed by atoms with Crippen LogP contribution in [0.4, 0.5) is 0 Å². The number of ether oxygens (including phenoxy) is 1. The Morgan fingerprint density at radius 2 is 2.00 bits per heavy atom. The Morgan fingerprint density at radius 1 is 1.50 bits per heavy atom. The fourth-order valence-electron chi connectivity index (χ4n) is 1.61. The third-order valence-corrected chi connectivity index (χ3v) is 2.70. The number of hydrogen-bond donors (Lipinski definition) is 1. The summed E-state index contributed by atoms with van der Waals surface area (Å²) < 4.78 is 5.48. The van der Waals surface area contributed by atoms with Crippen LogP contribution in [-0.4, -0.2) is 18.8 Å². The van der Waals surface area contributed by atoms with Crippen molar-refractivity contribution < 1.29 is 4.74 Å². The van der Waals surface area contributed by atoms with Crippen LogP contribution in [0.1, 0.15) is 33.1 Å². The average molecular weight is 171 g/mol. The largest absolute Gasteiger partial charge is 0.377 e. The molecule has 0 bridgehead atoms. The van der Waals surface area contributed by atoms with Crippen molar-refractivity contribution in [2.45, 2.75) is 44.8 Å². The highest BCUT2D eigenvalue weighted by Gasteiger charge is 2.31. The number of hydrogen-bond acceptors (Lipinski definition) is 2. The average Bonchev–Trinajstić information content (AvgIpc) is 2.09. The highest BCUT2D eigenvalue weighted by Crippen LogP contribution is 2.24. The van der Waals surface area contributed by atoms with Crippen molar-refractivity contribution >= 4 is 0 Å². The van der Waals surface area contributed by atoms with Crippen molar-refractivity contribution in [1.29, 1.82) is 0 Å². The fraction of sp³-hybridized carbons (Fsp3) is 0.800. The lowest BCUT2D eigenvalue weighted by Crippen LogP contribution is -2.48. The van der Waals surface area contributed by atoms with Crippen LogP contribution in [-0.2, 0) is 4.74 Å². The van der Waals surface area contributed by atoms with Gasteiger partial charge in [-0.2, -0.15) is 0 Å². The van der Waals surface area contributed by atoms with E-state index < -0.39 is 0 Å². The summed E-state index contributed by atoms with van der Waals surface area (Å²) in [6.45, 7) is 7.90. The van der Waals surface area contributed by atoms with E-state index in [1.165, 1.54) is 0 Å². The molecule has 0 fully saturated rings. The molecule has 0 amide bonds. The number of rotatable bonds is 6. The topological polar surface area (TPSA) is 35.2 Å². The quantitative estimate of drug-likeness (QED) is 0.621. The zero-order chi connectivity index (χ0) is 9.61. The van der Waals surface area contributed by atoms with Gasteiger partial charge in [-0.15, -0.1) is 6.58 Å². The number of methoxy groups -OCH3 is 1. The predicted molar refractivity (Wildman–Crippen MR) is 53.1 cm³/mol. The Balaban J connectivity index is 4.34. The van der Waals surface area contributed by atoms with Crippen LogP contribution in [0.25, 0.3) is 0 Å². The Labute approximate surface area is 75.8 Å². The third-order valence-electron chi connectivity index (χ3n) is 2.70. The fourth-order valence-corrected chi connectivity index (χ4v) is 1.61. The van der Waals surface area contributed by atoms with Crippen molar-refractivity contribution in [3.8, 4) is 0 Å². The first-order chi connectivity index (χ1) is 5.66. The van der Waals surface area contributed by atoms with E-state index in [1.54, 1.807) is 7.11 Å². The summed E-state index contributed by atoms with van der Waals surface area (Å²) in [6.07, 6.45) is 4.57. The van der Waals surface area contributed by atoms with E-state index in [0.717, 1.165) is 19.3 Å². The second-order valence-corrected chi connectivity index (χ2v) is 3.11. The molecule has 0 aliphatic heterocycles. The minimum atomic E-state index is -0.159. The molecule has 0 saturated carbocycles. The van der Waals surface area contributed by atoms with E-state index in [9.17, 15) is 0 Å². The van der Waals surface area contributed by atoms with E-state index >= 15 is 0 Å². The van der Waals surface area contributed by atoms with Gasteiger partial charge in [-0.05, 0) is 19.3 Å². The van der Waals surface area contributed by atoms with E-state index in [-0.39, 0.29) is 11.6 Å². The van der Waals surface area contributed by atoms with E-state index in [4.69, 9.17) is 10.5 Å². The van der Waals surface area contributed by atoms with Gasteiger partial charge in [0.15, 0.2) is 0 Å². The van der Waals surface area contributed by atoms with E-state index in [2.05, 4.69) is 20.4 Å². The molecule has 0 aromatic heterocycles. The summed E-state index contributed by atoms with van der Waals surface area (Å²) in [5.74, 6) is 0. The van der Waals surface area contributed by atoms with Crippen molar-refractivity contribution in [3.05, 3.63) is 12.7 Å². The normalized spacial score (nSPS) is 14.3. The van der Waals surface area contributed by atoms with Gasteiger partial charge in [0.1, 0.15) is 0 Å². The molecule has 12 heavy (non-hydrogen) atoms. The molecule has 1 atom stereocenters. The maximum atomic E-state index is 6.00. The highest BCUT2D eigenvalue weighted by molar-refractivity contribution is 4.92. The molecule has 0 saturated heterocycles. The lowest BCUT2D eigenvalue weighted by Gasteiger charge is -2.35. The SMILES string of the molecule is C=CCC(N)C(CC)(CC)OC. The van der Waals surface area contributed by atoms with Crippen LogP contribution in [0.5, 0.6) is 0 Å². The predicted octanol–water partition coefficient (Wildman–Crippen LogP) is 2.10. The molecule has 0 aliphatic carbocycles. The summed E-state index contributed by atoms with van der Waals surface area (Å²) in [5, 5.41) is 0. The molecule has 72 valence electrons. The van der Waals surface area contributed by atoms with E-state index in [0.29, 0.717) is 0 Å². The molecule has 0 aromatic carbocycles. The highest BCUT2D eigenvalue weighted by atomic mass is 16.5. The van der Waals surface area contributed by atoms with Gasteiger partial charge in [-0.1, -0.05) is 19.9 Å². The van der Waals surface area contributed by atoms with Gasteiger partial charge < -0.3 is 10.5 Å². The first-order valence-electron chi connectivity index (χ1n) is 4.58. The van der Waals surface area contributed by atoms with Crippen LogP contribution >= 0.6 is 0 Å². The van der Waals surface area contributed by atoms with Crippen molar-refractivity contribution in [3.63, 3.8) is 0 Å². The van der Waals surface area contributed by atoms with Crippen LogP contribution in [0.15, 0.2) is 12.7 Å². The summed E-state index contributed by atoms with van der Waals surface area (Å²) in [7, 11) is 1.73. The summed E-state index contributed by atoms with van der Waals surface area (Å²) in [4.78, 5) is 0. The third kappa shape index (κ3) is 2.32. The molecule has 2 nitrogen and oxygen atoms in total. The van der Waals surface area contributed by atoms with Crippen molar-refractivity contribution in [1.82, 2.24) is 0 Å². The van der Waals surface area contributed by atoms with Crippen molar-refractivity contribution in [2.24, 2.45) is 5.73 Å². The molecule has 2 N–H and O–H groups in total. The summed E-state index contributed by atoms with van der Waals surface area (Å²) in [5.41, 5.74) is 5.84. The molecule has 2 heteroatoms. The van der Waals surface area contributed by atoms with Crippen LogP contribution in [0, 0.1) is 0 Å². The minimum Gasteiger partial charge on any atom is -0.377 e. The van der Waals surface area contributed by atoms with Crippen LogP contribution < -0.4 is 5.73 Å². The smallest absolute Gasteiger partial charge is 0.0826 e. The summed E-state index contributed by atoms with van der Waals surface area (Å²) >= 11 is 0. The zero-order valence-electron chi connectivity index (χ0n) is 8.47. The standard InChI is InChI=1S/C10H21NO/c1-5-8-9(11)10(6-2,7-3)12-4/h5,9H,1,6-8,11H2,2-4H3. The molecular formula is C10H21NO. The van der Waals surface area contributed by atoms with Gasteiger partial charge in [0.05, 0.1) is 5.60 Å². The zero-order valence-corrected chi connectivity index (χ0v) is 8.47. The lowest BCUT2D eigenvalue weighted by molar-refractivity contribution is -0.0368. The molecule has 0 aliphatic rings. The molecule has 1 unspecified atom stereocenters. The minimum absolute atomic E-state index is 0.0648. The van der Waals surface area contributed by atoms with Gasteiger partial charge in [0, 0.05) is 13.2 Å². The van der Waals surface area contributed by atoms with Gasteiger partial charge >= 0.3 is 0 Å². The maximum Gasteiger partial charge on any atom is 0.0826 e. The molecular weight excluding hydrogens is 150 g/mol. The van der Waals surface area contributed by atoms with E-state index in [1.807, 2.05) is 6.08 Å². The molecule has 0 aromatic rings. The summed E-state index contributed by atoms with van der Waals surface area (Å²) in [6, 6.07) is 0.0648. The second kappa shape index (κ2) is 5.33. The Morgan fingerprint density at radius 3 is 2.25 bits per heavy atom. The lowest BCUT2D eigenvalue weighted by atomic mass is 9.87. The molecule has 0 heterocycles. The van der Waals surface area contributed by atoms with Crippen molar-refractivity contribution in [2.75, 3.05) is 7.11 Å². The van der Waals surface area contributed by atoms with Crippen LogP contribution in [0.3, 0.4) is 0 Å². The van der Waals surface area contributed by atoms with Crippen LogP contribution in [0.2, 0.25) is 0 Å². The maximum absolute atomic E-state index is 6.00. The Bertz CT molecular complexity index is 122. The first-order valence-corrected chi connectivity index (χ1v) is 4.58. The molecule has 0 rings (SSSR count). The van der Waals surface area contributed by atoms with Gasteiger partial charge in [0.2, 0.25) is 0 Å². The monoisotopic (exact) mass is 171 g/mol.